The number of hydrogen-bond acceptors (Lipinski definition) is 3. The average Bonchev–Trinajstić information content (AvgIpc) is 3.28. The molecule has 1 atom stereocenters. The smallest absolute Gasteiger partial charge is 0.255 e. The molecule has 5 heteroatoms. The minimum absolute atomic E-state index is 0.0634. The molecule has 0 aromatic heterocycles. The Morgan fingerprint density at radius 3 is 2.48 bits per heavy atom. The second kappa shape index (κ2) is 6.26. The number of rotatable bonds is 5. The van der Waals surface area contributed by atoms with Crippen molar-refractivity contribution in [1.29, 1.82) is 0 Å². The number of benzene rings is 1. The van der Waals surface area contributed by atoms with Gasteiger partial charge in [-0.3, -0.25) is 9.59 Å². The van der Waals surface area contributed by atoms with E-state index in [0.717, 1.165) is 12.8 Å². The first kappa shape index (κ1) is 15.5. The van der Waals surface area contributed by atoms with E-state index in [1.165, 1.54) is 4.90 Å². The number of nitrogens with zero attached hydrogens (tertiary/aromatic N) is 2. The van der Waals surface area contributed by atoms with Crippen LogP contribution in [0, 0.1) is 5.92 Å². The first-order valence-corrected chi connectivity index (χ1v) is 7.22. The van der Waals surface area contributed by atoms with E-state index in [9.17, 15) is 14.7 Å². The van der Waals surface area contributed by atoms with Gasteiger partial charge in [-0.15, -0.1) is 0 Å². The zero-order valence-corrected chi connectivity index (χ0v) is 12.7. The van der Waals surface area contributed by atoms with Gasteiger partial charge in [0.25, 0.3) is 5.91 Å². The van der Waals surface area contributed by atoms with Gasteiger partial charge in [-0.2, -0.15) is 0 Å². The lowest BCUT2D eigenvalue weighted by Gasteiger charge is -2.24. The molecule has 0 heterocycles. The first-order valence-electron chi connectivity index (χ1n) is 7.22. The van der Waals surface area contributed by atoms with Crippen molar-refractivity contribution in [1.82, 2.24) is 4.90 Å². The highest BCUT2D eigenvalue weighted by Gasteiger charge is 2.33. The quantitative estimate of drug-likeness (QED) is 0.894. The van der Waals surface area contributed by atoms with Crippen molar-refractivity contribution in [2.45, 2.75) is 25.9 Å². The highest BCUT2D eigenvalue weighted by Crippen LogP contribution is 2.33. The number of hydrogen-bond donors (Lipinski definition) is 1. The average molecular weight is 290 g/mol. The first-order chi connectivity index (χ1) is 9.91. The molecule has 1 saturated carbocycles. The van der Waals surface area contributed by atoms with Crippen molar-refractivity contribution in [3.05, 3.63) is 29.8 Å². The highest BCUT2D eigenvalue weighted by atomic mass is 16.3. The Labute approximate surface area is 125 Å². The molecule has 1 unspecified atom stereocenters. The summed E-state index contributed by atoms with van der Waals surface area (Å²) < 4.78 is 0. The van der Waals surface area contributed by atoms with E-state index in [0.29, 0.717) is 11.3 Å². The number of carbonyl (C=O) groups excluding carboxylic acids is 2. The van der Waals surface area contributed by atoms with Crippen LogP contribution in [0.4, 0.5) is 5.69 Å². The van der Waals surface area contributed by atoms with E-state index in [-0.39, 0.29) is 24.3 Å². The summed E-state index contributed by atoms with van der Waals surface area (Å²) in [5, 5.41) is 9.41. The van der Waals surface area contributed by atoms with Gasteiger partial charge in [-0.1, -0.05) is 12.1 Å². The van der Waals surface area contributed by atoms with Crippen molar-refractivity contribution in [3.8, 4) is 0 Å². The third kappa shape index (κ3) is 3.61. The summed E-state index contributed by atoms with van der Waals surface area (Å²) in [7, 11) is 3.36. The monoisotopic (exact) mass is 290 g/mol. The predicted molar refractivity (Wildman–Crippen MR) is 81.2 cm³/mol. The molecule has 0 saturated heterocycles. The van der Waals surface area contributed by atoms with Crippen LogP contribution in [0.25, 0.3) is 0 Å². The Hall–Kier alpha value is -1.88. The molecule has 114 valence electrons. The number of likely N-dealkylation sites (N-methyl/N-ethyl adjacent to an activating group) is 1. The van der Waals surface area contributed by atoms with Crippen LogP contribution in [0.3, 0.4) is 0 Å². The van der Waals surface area contributed by atoms with Gasteiger partial charge in [-0.25, -0.2) is 0 Å². The highest BCUT2D eigenvalue weighted by molar-refractivity contribution is 6.05. The van der Waals surface area contributed by atoms with E-state index < -0.39 is 6.10 Å². The molecule has 5 nitrogen and oxygen atoms in total. The molecule has 1 fully saturated rings. The second-order valence-corrected chi connectivity index (χ2v) is 5.72. The summed E-state index contributed by atoms with van der Waals surface area (Å²) in [6.07, 6.45) is 1.28. The van der Waals surface area contributed by atoms with Crippen molar-refractivity contribution < 1.29 is 14.7 Å². The molecule has 0 bridgehead atoms. The zero-order chi connectivity index (χ0) is 15.6. The maximum atomic E-state index is 12.5. The van der Waals surface area contributed by atoms with Gasteiger partial charge in [0.15, 0.2) is 0 Å². The maximum Gasteiger partial charge on any atom is 0.255 e. The summed E-state index contributed by atoms with van der Waals surface area (Å²) >= 11 is 0. The summed E-state index contributed by atoms with van der Waals surface area (Å²) in [6.45, 7) is 1.89. The summed E-state index contributed by atoms with van der Waals surface area (Å²) in [5.74, 6) is -0.0243. The SMILES string of the molecule is CC(O)CN(C)C(=O)c1ccccc1N(C)C(=O)C1CC1. The summed E-state index contributed by atoms with van der Waals surface area (Å²) in [6, 6.07) is 7.09. The zero-order valence-electron chi connectivity index (χ0n) is 12.7. The largest absolute Gasteiger partial charge is 0.392 e. The molecule has 0 spiro atoms. The van der Waals surface area contributed by atoms with Crippen LogP contribution in [0.5, 0.6) is 0 Å². The van der Waals surface area contributed by atoms with Crippen molar-refractivity contribution >= 4 is 17.5 Å². The molecule has 1 aromatic carbocycles. The lowest BCUT2D eigenvalue weighted by molar-refractivity contribution is -0.119. The molecular weight excluding hydrogens is 268 g/mol. The van der Waals surface area contributed by atoms with E-state index in [2.05, 4.69) is 0 Å². The van der Waals surface area contributed by atoms with E-state index in [1.807, 2.05) is 6.07 Å². The Morgan fingerprint density at radius 2 is 1.90 bits per heavy atom. The molecular formula is C16H22N2O3. The van der Waals surface area contributed by atoms with Crippen LogP contribution >= 0.6 is 0 Å². The fraction of sp³-hybridized carbons (Fsp3) is 0.500. The number of para-hydroxylation sites is 1. The molecule has 1 aliphatic carbocycles. The van der Waals surface area contributed by atoms with Crippen LogP contribution in [0.1, 0.15) is 30.1 Å². The number of carbonyl (C=O) groups is 2. The number of anilines is 1. The van der Waals surface area contributed by atoms with Crippen molar-refractivity contribution in [2.75, 3.05) is 25.5 Å². The van der Waals surface area contributed by atoms with E-state index in [4.69, 9.17) is 0 Å². The molecule has 1 N–H and O–H groups in total. The molecule has 2 amide bonds. The molecule has 0 aliphatic heterocycles. The topological polar surface area (TPSA) is 60.9 Å². The third-order valence-electron chi connectivity index (χ3n) is 3.64. The van der Waals surface area contributed by atoms with Crippen LogP contribution in [0.2, 0.25) is 0 Å². The Balaban J connectivity index is 2.23. The van der Waals surface area contributed by atoms with Crippen LogP contribution in [0.15, 0.2) is 24.3 Å². The molecule has 0 radical (unpaired) electrons. The minimum atomic E-state index is -0.586. The second-order valence-electron chi connectivity index (χ2n) is 5.72. The Kier molecular flexibility index (Phi) is 4.63. The number of aliphatic hydroxyl groups is 1. The van der Waals surface area contributed by atoms with Gasteiger partial charge < -0.3 is 14.9 Å². The molecule has 1 aromatic rings. The Bertz CT molecular complexity index is 538. The van der Waals surface area contributed by atoms with Crippen LogP contribution in [-0.2, 0) is 4.79 Å². The van der Waals surface area contributed by atoms with Crippen LogP contribution in [-0.4, -0.2) is 48.6 Å². The van der Waals surface area contributed by atoms with Gasteiger partial charge in [-0.05, 0) is 31.9 Å². The van der Waals surface area contributed by atoms with Crippen molar-refractivity contribution in [3.63, 3.8) is 0 Å². The summed E-state index contributed by atoms with van der Waals surface area (Å²) in [5.41, 5.74) is 1.11. The predicted octanol–water partition coefficient (Wildman–Crippen LogP) is 1.51. The normalized spacial score (nSPS) is 15.4. The Morgan fingerprint density at radius 1 is 1.29 bits per heavy atom. The lowest BCUT2D eigenvalue weighted by Crippen LogP contribution is -2.35. The fourth-order valence-corrected chi connectivity index (χ4v) is 2.35. The van der Waals surface area contributed by atoms with Gasteiger partial charge >= 0.3 is 0 Å². The van der Waals surface area contributed by atoms with Crippen LogP contribution < -0.4 is 4.90 Å². The standard InChI is InChI=1S/C16H22N2O3/c1-11(19)10-17(2)16(21)13-6-4-5-7-14(13)18(3)15(20)12-8-9-12/h4-7,11-12,19H,8-10H2,1-3H3. The van der Waals surface area contributed by atoms with Gasteiger partial charge in [0.2, 0.25) is 5.91 Å². The fourth-order valence-electron chi connectivity index (χ4n) is 2.35. The van der Waals surface area contributed by atoms with Crippen molar-refractivity contribution in [2.24, 2.45) is 5.92 Å². The minimum Gasteiger partial charge on any atom is -0.392 e. The van der Waals surface area contributed by atoms with E-state index >= 15 is 0 Å². The van der Waals surface area contributed by atoms with Gasteiger partial charge in [0.05, 0.1) is 17.4 Å². The number of aliphatic hydroxyl groups excluding tert-OH is 1. The maximum absolute atomic E-state index is 12.5. The van der Waals surface area contributed by atoms with Gasteiger partial charge in [0, 0.05) is 26.6 Å². The molecule has 1 aliphatic rings. The number of amides is 2. The van der Waals surface area contributed by atoms with E-state index in [1.54, 1.807) is 44.1 Å². The molecule has 2 rings (SSSR count). The third-order valence-corrected chi connectivity index (χ3v) is 3.64. The van der Waals surface area contributed by atoms with Gasteiger partial charge in [0.1, 0.15) is 0 Å². The lowest BCUT2D eigenvalue weighted by atomic mass is 10.1. The summed E-state index contributed by atoms with van der Waals surface area (Å²) in [4.78, 5) is 27.7. The molecule has 21 heavy (non-hydrogen) atoms.